The first-order valence-electron chi connectivity index (χ1n) is 7.53. The van der Waals surface area contributed by atoms with Crippen LogP contribution in [-0.2, 0) is 10.5 Å². The number of carbonyl (C=O) groups is 1. The van der Waals surface area contributed by atoms with Crippen LogP contribution in [0.4, 0.5) is 5.69 Å². The van der Waals surface area contributed by atoms with Gasteiger partial charge in [0, 0.05) is 11.3 Å². The van der Waals surface area contributed by atoms with E-state index in [0.717, 1.165) is 28.3 Å². The highest BCUT2D eigenvalue weighted by Crippen LogP contribution is 2.25. The molecule has 0 aliphatic rings. The van der Waals surface area contributed by atoms with Gasteiger partial charge in [-0.1, -0.05) is 23.7 Å². The van der Waals surface area contributed by atoms with Crippen LogP contribution in [0.15, 0.2) is 47.6 Å². The first-order chi connectivity index (χ1) is 12.0. The zero-order chi connectivity index (χ0) is 18.2. The SMILES string of the molecule is COc1ccc(/C(C)=N\Nc2ccccc2Cl)cc1CSCC(=O)O. The lowest BCUT2D eigenvalue weighted by Crippen LogP contribution is -2.03. The number of methoxy groups -OCH3 is 1. The summed E-state index contributed by atoms with van der Waals surface area (Å²) in [6, 6.07) is 13.1. The molecule has 2 rings (SSSR count). The molecule has 0 saturated carbocycles. The number of aliphatic carboxylic acids is 1. The summed E-state index contributed by atoms with van der Waals surface area (Å²) in [7, 11) is 1.60. The number of carboxylic acid groups (broad SMARTS) is 1. The average molecular weight is 379 g/mol. The van der Waals surface area contributed by atoms with Crippen LogP contribution in [0.25, 0.3) is 0 Å². The topological polar surface area (TPSA) is 70.9 Å². The van der Waals surface area contributed by atoms with Crippen LogP contribution in [-0.4, -0.2) is 29.7 Å². The third-order valence-corrected chi connectivity index (χ3v) is 4.69. The van der Waals surface area contributed by atoms with Gasteiger partial charge in [-0.05, 0) is 42.8 Å². The van der Waals surface area contributed by atoms with Crippen LogP contribution >= 0.6 is 23.4 Å². The van der Waals surface area contributed by atoms with E-state index in [1.54, 1.807) is 13.2 Å². The summed E-state index contributed by atoms with van der Waals surface area (Å²) < 4.78 is 5.35. The predicted molar refractivity (Wildman–Crippen MR) is 104 cm³/mol. The van der Waals surface area contributed by atoms with Crippen molar-refractivity contribution in [1.82, 2.24) is 0 Å². The number of hydrazone groups is 1. The minimum absolute atomic E-state index is 0.0501. The second-order valence-electron chi connectivity index (χ2n) is 5.20. The zero-order valence-electron chi connectivity index (χ0n) is 14.0. The lowest BCUT2D eigenvalue weighted by atomic mass is 10.1. The molecule has 0 amide bonds. The maximum absolute atomic E-state index is 10.7. The maximum atomic E-state index is 10.7. The Balaban J connectivity index is 2.15. The summed E-state index contributed by atoms with van der Waals surface area (Å²) in [6.45, 7) is 1.89. The van der Waals surface area contributed by atoms with Gasteiger partial charge >= 0.3 is 5.97 Å². The molecule has 0 aromatic heterocycles. The van der Waals surface area contributed by atoms with E-state index in [2.05, 4.69) is 10.5 Å². The van der Waals surface area contributed by atoms with Gasteiger partial charge in [-0.25, -0.2) is 0 Å². The molecule has 0 heterocycles. The first-order valence-corrected chi connectivity index (χ1v) is 9.06. The Labute approximate surface area is 156 Å². The fourth-order valence-electron chi connectivity index (χ4n) is 2.13. The van der Waals surface area contributed by atoms with Gasteiger partial charge in [0.05, 0.1) is 29.3 Å². The van der Waals surface area contributed by atoms with Crippen LogP contribution in [0.3, 0.4) is 0 Å². The molecule has 0 unspecified atom stereocenters. The second kappa shape index (κ2) is 9.34. The van der Waals surface area contributed by atoms with Gasteiger partial charge in [0.25, 0.3) is 0 Å². The maximum Gasteiger partial charge on any atom is 0.313 e. The molecule has 2 aromatic carbocycles. The summed E-state index contributed by atoms with van der Waals surface area (Å²) in [4.78, 5) is 10.7. The van der Waals surface area contributed by atoms with E-state index >= 15 is 0 Å². The number of para-hydroxylation sites is 1. The van der Waals surface area contributed by atoms with Crippen molar-refractivity contribution in [2.75, 3.05) is 18.3 Å². The third-order valence-electron chi connectivity index (χ3n) is 3.40. The van der Waals surface area contributed by atoms with Crippen LogP contribution < -0.4 is 10.2 Å². The van der Waals surface area contributed by atoms with Gasteiger partial charge in [0.15, 0.2) is 0 Å². The normalized spacial score (nSPS) is 11.2. The standard InChI is InChI=1S/C18H19ClN2O3S/c1-12(20-21-16-6-4-3-5-15(16)19)13-7-8-17(24-2)14(9-13)10-25-11-18(22)23/h3-9,21H,10-11H2,1-2H3,(H,22,23)/b20-12-. The minimum atomic E-state index is -0.832. The molecular weight excluding hydrogens is 360 g/mol. The van der Waals surface area contributed by atoms with Gasteiger partial charge in [-0.2, -0.15) is 5.10 Å². The molecule has 25 heavy (non-hydrogen) atoms. The molecule has 0 spiro atoms. The van der Waals surface area contributed by atoms with E-state index < -0.39 is 5.97 Å². The highest BCUT2D eigenvalue weighted by atomic mass is 35.5. The van der Waals surface area contributed by atoms with Crippen LogP contribution in [0.1, 0.15) is 18.1 Å². The Morgan fingerprint density at radius 1 is 1.32 bits per heavy atom. The number of hydrogen-bond donors (Lipinski definition) is 2. The minimum Gasteiger partial charge on any atom is -0.496 e. The highest BCUT2D eigenvalue weighted by Gasteiger charge is 2.08. The number of anilines is 1. The molecule has 0 saturated heterocycles. The number of carboxylic acids is 1. The van der Waals surface area contributed by atoms with E-state index in [1.807, 2.05) is 43.3 Å². The largest absolute Gasteiger partial charge is 0.496 e. The van der Waals surface area contributed by atoms with Crippen molar-refractivity contribution in [2.24, 2.45) is 5.10 Å². The fraction of sp³-hybridized carbons (Fsp3) is 0.222. The Kier molecular flexibility index (Phi) is 7.16. The molecule has 0 radical (unpaired) electrons. The molecule has 0 bridgehead atoms. The Morgan fingerprint density at radius 2 is 2.08 bits per heavy atom. The van der Waals surface area contributed by atoms with E-state index in [4.69, 9.17) is 21.4 Å². The molecule has 0 aliphatic carbocycles. The van der Waals surface area contributed by atoms with E-state index in [-0.39, 0.29) is 5.75 Å². The van der Waals surface area contributed by atoms with Crippen molar-refractivity contribution in [3.05, 3.63) is 58.6 Å². The first kappa shape index (κ1) is 19.1. The van der Waals surface area contributed by atoms with Crippen molar-refractivity contribution < 1.29 is 14.6 Å². The molecule has 132 valence electrons. The molecule has 2 aromatic rings. The smallest absolute Gasteiger partial charge is 0.313 e. The average Bonchev–Trinajstić information content (AvgIpc) is 2.60. The van der Waals surface area contributed by atoms with Crippen molar-refractivity contribution in [2.45, 2.75) is 12.7 Å². The van der Waals surface area contributed by atoms with E-state index in [1.165, 1.54) is 11.8 Å². The fourth-order valence-corrected chi connectivity index (χ4v) is 3.03. The van der Waals surface area contributed by atoms with Crippen molar-refractivity contribution in [3.63, 3.8) is 0 Å². The third kappa shape index (κ3) is 5.69. The number of rotatable bonds is 8. The van der Waals surface area contributed by atoms with E-state index in [9.17, 15) is 4.79 Å². The molecule has 0 aliphatic heterocycles. The number of nitrogens with one attached hydrogen (secondary N) is 1. The highest BCUT2D eigenvalue weighted by molar-refractivity contribution is 7.99. The van der Waals surface area contributed by atoms with Crippen molar-refractivity contribution in [3.8, 4) is 5.75 Å². The Morgan fingerprint density at radius 3 is 2.76 bits per heavy atom. The van der Waals surface area contributed by atoms with Gasteiger partial charge in [-0.3, -0.25) is 10.2 Å². The molecule has 0 fully saturated rings. The van der Waals surface area contributed by atoms with E-state index in [0.29, 0.717) is 10.8 Å². The summed E-state index contributed by atoms with van der Waals surface area (Å²) in [5.41, 5.74) is 6.33. The molecule has 7 heteroatoms. The van der Waals surface area contributed by atoms with Gasteiger partial charge in [0.2, 0.25) is 0 Å². The summed E-state index contributed by atoms with van der Waals surface area (Å²) in [6.07, 6.45) is 0. The second-order valence-corrected chi connectivity index (χ2v) is 6.59. The molecule has 0 atom stereocenters. The summed E-state index contributed by atoms with van der Waals surface area (Å²) in [5, 5.41) is 13.7. The molecule has 2 N–H and O–H groups in total. The van der Waals surface area contributed by atoms with Gasteiger partial charge in [0.1, 0.15) is 5.75 Å². The number of thioether (sulfide) groups is 1. The lowest BCUT2D eigenvalue weighted by Gasteiger charge is -2.11. The van der Waals surface area contributed by atoms with Gasteiger partial charge in [-0.15, -0.1) is 11.8 Å². The predicted octanol–water partition coefficient (Wildman–Crippen LogP) is 4.50. The zero-order valence-corrected chi connectivity index (χ0v) is 15.5. The lowest BCUT2D eigenvalue weighted by molar-refractivity contribution is -0.133. The Bertz CT molecular complexity index is 781. The molecular formula is C18H19ClN2O3S. The number of halogens is 1. The Hall–Kier alpha value is -2.18. The number of benzene rings is 2. The van der Waals surface area contributed by atoms with Crippen LogP contribution in [0.2, 0.25) is 5.02 Å². The summed E-state index contributed by atoms with van der Waals surface area (Å²) in [5.74, 6) is 0.499. The van der Waals surface area contributed by atoms with Crippen LogP contribution in [0, 0.1) is 0 Å². The van der Waals surface area contributed by atoms with Gasteiger partial charge < -0.3 is 9.84 Å². The number of nitrogens with zero attached hydrogens (tertiary/aromatic N) is 1. The van der Waals surface area contributed by atoms with Crippen molar-refractivity contribution in [1.29, 1.82) is 0 Å². The van der Waals surface area contributed by atoms with Crippen molar-refractivity contribution >= 4 is 40.7 Å². The number of ether oxygens (including phenoxy) is 1. The monoisotopic (exact) mass is 378 g/mol. The quantitative estimate of drug-likeness (QED) is 0.522. The van der Waals surface area contributed by atoms with Crippen LogP contribution in [0.5, 0.6) is 5.75 Å². The summed E-state index contributed by atoms with van der Waals surface area (Å²) >= 11 is 7.43. The molecule has 5 nitrogen and oxygen atoms in total. The number of hydrogen-bond acceptors (Lipinski definition) is 5.